The third kappa shape index (κ3) is 4.77. The molecule has 1 aliphatic rings. The van der Waals surface area contributed by atoms with Gasteiger partial charge < -0.3 is 8.83 Å². The van der Waals surface area contributed by atoms with Gasteiger partial charge >= 0.3 is 0 Å². The van der Waals surface area contributed by atoms with Crippen LogP contribution in [0.4, 0.5) is 17.3 Å². The van der Waals surface area contributed by atoms with Crippen molar-refractivity contribution in [1.29, 1.82) is 0 Å². The second kappa shape index (κ2) is 11.6. The number of benzene rings is 7. The van der Waals surface area contributed by atoms with Crippen molar-refractivity contribution in [2.45, 2.75) is 0 Å². The second-order valence-corrected chi connectivity index (χ2v) is 13.2. The average Bonchev–Trinajstić information content (AvgIpc) is 3.74. The largest absolute Gasteiger partial charge is 0.456 e. The summed E-state index contributed by atoms with van der Waals surface area (Å²) in [5, 5.41) is 4.28. The van der Waals surface area contributed by atoms with E-state index in [1.54, 1.807) is 0 Å². The molecule has 6 nitrogen and oxygen atoms in total. The van der Waals surface area contributed by atoms with Crippen LogP contribution in [0.2, 0.25) is 0 Å². The highest BCUT2D eigenvalue weighted by Crippen LogP contribution is 2.46. The molecule has 0 radical (unpaired) electrons. The first-order valence-corrected chi connectivity index (χ1v) is 17.6. The van der Waals surface area contributed by atoms with Crippen molar-refractivity contribution >= 4 is 73.4 Å². The minimum Gasteiger partial charge on any atom is -0.456 e. The highest BCUT2D eigenvalue weighted by Gasteiger charge is 2.26. The third-order valence-electron chi connectivity index (χ3n) is 10.1. The van der Waals surface area contributed by atoms with E-state index in [-0.39, 0.29) is 0 Å². The normalized spacial score (nSPS) is 12.4. The molecule has 0 bridgehead atoms. The van der Waals surface area contributed by atoms with Crippen LogP contribution in [0.25, 0.3) is 89.9 Å². The standard InChI is InChI=1S/C47H28N4O2/c1-3-12-29(13-4-1)45-48-46(30-14-5-2-6-15-30)50-47(49-45)51-39-25-24-31(34-18-11-19-37-35-16-7-10-21-42(35)53-44(34)37)26-32(39)22-23-33-27-43-38(28-40(33)51)36-17-8-9-20-41(36)52-43/h1-28H. The number of hydrogen-bond acceptors (Lipinski definition) is 6. The lowest BCUT2D eigenvalue weighted by molar-refractivity contribution is 0.668. The van der Waals surface area contributed by atoms with E-state index in [1.165, 1.54) is 0 Å². The molecule has 4 heterocycles. The summed E-state index contributed by atoms with van der Waals surface area (Å²) >= 11 is 0. The summed E-state index contributed by atoms with van der Waals surface area (Å²) in [7, 11) is 0. The van der Waals surface area contributed by atoms with Gasteiger partial charge in [-0.3, -0.25) is 4.90 Å². The Labute approximate surface area is 303 Å². The number of hydrogen-bond donors (Lipinski definition) is 0. The summed E-state index contributed by atoms with van der Waals surface area (Å²) in [6, 6.07) is 53.8. The number of nitrogens with zero attached hydrogens (tertiary/aromatic N) is 4. The summed E-state index contributed by atoms with van der Waals surface area (Å²) in [5.74, 6) is 1.71. The lowest BCUT2D eigenvalue weighted by atomic mass is 9.99. The van der Waals surface area contributed by atoms with E-state index in [0.29, 0.717) is 17.6 Å². The van der Waals surface area contributed by atoms with Gasteiger partial charge in [0.05, 0.1) is 11.4 Å². The maximum Gasteiger partial charge on any atom is 0.238 e. The first kappa shape index (κ1) is 29.4. The van der Waals surface area contributed by atoms with Gasteiger partial charge in [0.1, 0.15) is 22.3 Å². The van der Waals surface area contributed by atoms with Crippen LogP contribution < -0.4 is 4.90 Å². The summed E-state index contributed by atoms with van der Waals surface area (Å²) in [4.78, 5) is 17.6. The number of rotatable bonds is 4. The van der Waals surface area contributed by atoms with Crippen molar-refractivity contribution in [3.05, 3.63) is 169 Å². The molecule has 0 atom stereocenters. The molecule has 11 rings (SSSR count). The Morgan fingerprint density at radius 3 is 1.72 bits per heavy atom. The van der Waals surface area contributed by atoms with E-state index in [2.05, 4.69) is 83.8 Å². The zero-order valence-corrected chi connectivity index (χ0v) is 28.3. The zero-order chi connectivity index (χ0) is 34.9. The summed E-state index contributed by atoms with van der Waals surface area (Å²) in [5.41, 5.74) is 11.2. The Morgan fingerprint density at radius 1 is 0.396 bits per heavy atom. The highest BCUT2D eigenvalue weighted by atomic mass is 16.3. The van der Waals surface area contributed by atoms with Crippen molar-refractivity contribution < 1.29 is 8.83 Å². The molecular weight excluding hydrogens is 653 g/mol. The van der Waals surface area contributed by atoms with Crippen LogP contribution in [0.5, 0.6) is 0 Å². The molecule has 0 spiro atoms. The smallest absolute Gasteiger partial charge is 0.238 e. The predicted molar refractivity (Wildman–Crippen MR) is 214 cm³/mol. The van der Waals surface area contributed by atoms with Gasteiger partial charge in [-0.25, -0.2) is 4.98 Å². The molecule has 248 valence electrons. The molecule has 6 heteroatoms. The Hall–Kier alpha value is -7.31. The Balaban J connectivity index is 1.17. The van der Waals surface area contributed by atoms with Crippen LogP contribution in [0.3, 0.4) is 0 Å². The van der Waals surface area contributed by atoms with Crippen molar-refractivity contribution in [3.63, 3.8) is 0 Å². The lowest BCUT2D eigenvalue weighted by Gasteiger charge is -2.26. The fourth-order valence-corrected chi connectivity index (χ4v) is 7.56. The molecule has 1 aliphatic heterocycles. The van der Waals surface area contributed by atoms with Gasteiger partial charge in [0, 0.05) is 43.8 Å². The van der Waals surface area contributed by atoms with Gasteiger partial charge in [-0.15, -0.1) is 0 Å². The van der Waals surface area contributed by atoms with Gasteiger partial charge in [0.15, 0.2) is 11.6 Å². The Kier molecular flexibility index (Phi) is 6.45. The second-order valence-electron chi connectivity index (χ2n) is 13.2. The molecule has 7 aromatic carbocycles. The molecule has 0 N–H and O–H groups in total. The van der Waals surface area contributed by atoms with Gasteiger partial charge in [0.2, 0.25) is 5.95 Å². The maximum atomic E-state index is 6.46. The predicted octanol–water partition coefficient (Wildman–Crippen LogP) is 12.6. The summed E-state index contributed by atoms with van der Waals surface area (Å²) in [6.07, 6.45) is 4.33. The van der Waals surface area contributed by atoms with E-state index in [1.807, 2.05) is 91.0 Å². The van der Waals surface area contributed by atoms with E-state index >= 15 is 0 Å². The van der Waals surface area contributed by atoms with E-state index in [9.17, 15) is 0 Å². The fraction of sp³-hybridized carbons (Fsp3) is 0. The SMILES string of the molecule is C1=Cc2cc3oc4ccccc4c3cc2N(c2nc(-c3ccccc3)nc(-c3ccccc3)n2)c2ccc(-c3cccc4c3oc3ccccc34)cc21. The molecule has 0 amide bonds. The van der Waals surface area contributed by atoms with E-state index in [0.717, 1.165) is 88.6 Å². The van der Waals surface area contributed by atoms with Gasteiger partial charge in [-0.2, -0.15) is 9.97 Å². The van der Waals surface area contributed by atoms with Crippen molar-refractivity contribution in [2.75, 3.05) is 4.90 Å². The van der Waals surface area contributed by atoms with Crippen LogP contribution in [0.15, 0.2) is 167 Å². The number of para-hydroxylation sites is 3. The van der Waals surface area contributed by atoms with Crippen LogP contribution >= 0.6 is 0 Å². The third-order valence-corrected chi connectivity index (χ3v) is 10.1. The molecule has 0 unspecified atom stereocenters. The quantitative estimate of drug-likeness (QED) is 0.184. The molecule has 3 aromatic heterocycles. The van der Waals surface area contributed by atoms with Crippen LogP contribution in [0, 0.1) is 0 Å². The van der Waals surface area contributed by atoms with Crippen LogP contribution in [-0.4, -0.2) is 15.0 Å². The van der Waals surface area contributed by atoms with Crippen molar-refractivity contribution in [3.8, 4) is 33.9 Å². The molecule has 0 aliphatic carbocycles. The maximum absolute atomic E-state index is 6.46. The Bertz CT molecular complexity index is 3010. The Morgan fingerprint density at radius 2 is 1.00 bits per heavy atom. The minimum absolute atomic E-state index is 0.517. The molecule has 53 heavy (non-hydrogen) atoms. The van der Waals surface area contributed by atoms with Crippen LogP contribution in [0.1, 0.15) is 11.1 Å². The number of fused-ring (bicyclic) bond motifs is 8. The van der Waals surface area contributed by atoms with Crippen molar-refractivity contribution in [1.82, 2.24) is 15.0 Å². The first-order chi connectivity index (χ1) is 26.2. The number of furan rings is 2. The lowest BCUT2D eigenvalue weighted by Crippen LogP contribution is -2.16. The molecule has 0 saturated carbocycles. The monoisotopic (exact) mass is 680 g/mol. The minimum atomic E-state index is 0.517. The topological polar surface area (TPSA) is 68.2 Å². The van der Waals surface area contributed by atoms with Gasteiger partial charge in [-0.05, 0) is 47.5 Å². The molecule has 0 saturated heterocycles. The number of anilines is 3. The van der Waals surface area contributed by atoms with Crippen molar-refractivity contribution in [2.24, 2.45) is 0 Å². The highest BCUT2D eigenvalue weighted by molar-refractivity contribution is 6.11. The van der Waals surface area contributed by atoms with E-state index in [4.69, 9.17) is 23.8 Å². The molecule has 10 aromatic rings. The summed E-state index contributed by atoms with van der Waals surface area (Å²) in [6.45, 7) is 0. The van der Waals surface area contributed by atoms with Gasteiger partial charge in [-0.1, -0.05) is 133 Å². The average molecular weight is 681 g/mol. The van der Waals surface area contributed by atoms with Crippen LogP contribution in [-0.2, 0) is 0 Å². The summed E-state index contributed by atoms with van der Waals surface area (Å²) < 4.78 is 12.8. The zero-order valence-electron chi connectivity index (χ0n) is 28.3. The van der Waals surface area contributed by atoms with E-state index < -0.39 is 0 Å². The molecule has 0 fully saturated rings. The molecular formula is C47H28N4O2. The van der Waals surface area contributed by atoms with Gasteiger partial charge in [0.25, 0.3) is 0 Å². The first-order valence-electron chi connectivity index (χ1n) is 17.6. The fourth-order valence-electron chi connectivity index (χ4n) is 7.56. The number of aromatic nitrogens is 3.